The van der Waals surface area contributed by atoms with E-state index < -0.39 is 0 Å². The summed E-state index contributed by atoms with van der Waals surface area (Å²) in [5.41, 5.74) is 4.16. The number of hydrogen-bond donors (Lipinski definition) is 1. The smallest absolute Gasteiger partial charge is 0.166 e. The first-order valence-electron chi connectivity index (χ1n) is 8.49. The summed E-state index contributed by atoms with van der Waals surface area (Å²) in [5.74, 6) is 1.11. The molecule has 3 aromatic carbocycles. The van der Waals surface area contributed by atoms with Gasteiger partial charge < -0.3 is 14.8 Å². The van der Waals surface area contributed by atoms with Crippen LogP contribution in [0.2, 0.25) is 0 Å². The molecule has 0 saturated carbocycles. The van der Waals surface area contributed by atoms with E-state index in [0.29, 0.717) is 24.7 Å². The zero-order valence-electron chi connectivity index (χ0n) is 15.0. The highest BCUT2D eigenvalue weighted by Crippen LogP contribution is 2.32. The molecule has 0 unspecified atom stereocenters. The van der Waals surface area contributed by atoms with E-state index in [9.17, 15) is 4.39 Å². The number of hydrogen-bond acceptors (Lipinski definition) is 3. The lowest BCUT2D eigenvalue weighted by Crippen LogP contribution is -2.05. The maximum atomic E-state index is 13.1. The second-order valence-electron chi connectivity index (χ2n) is 6.08. The van der Waals surface area contributed by atoms with Gasteiger partial charge in [-0.15, -0.1) is 0 Å². The van der Waals surface area contributed by atoms with E-state index in [4.69, 9.17) is 9.47 Å². The predicted molar refractivity (Wildman–Crippen MR) is 102 cm³/mol. The summed E-state index contributed by atoms with van der Waals surface area (Å²) in [7, 11) is 1.62. The third-order valence-corrected chi connectivity index (χ3v) is 4.11. The predicted octanol–water partition coefficient (Wildman–Crippen LogP) is 5.33. The molecule has 0 atom stereocenters. The van der Waals surface area contributed by atoms with Gasteiger partial charge in [-0.05, 0) is 42.8 Å². The molecule has 3 rings (SSSR count). The fraction of sp³-hybridized carbons (Fsp3) is 0.182. The van der Waals surface area contributed by atoms with Crippen LogP contribution in [0.3, 0.4) is 0 Å². The highest BCUT2D eigenvalue weighted by atomic mass is 19.1. The SMILES string of the molecule is COc1cccc(CNc2ccc(C)cc2)c1OCc1ccc(F)cc1. The molecular formula is C22H22FNO2. The van der Waals surface area contributed by atoms with Crippen LogP contribution in [0.15, 0.2) is 66.7 Å². The molecule has 3 nitrogen and oxygen atoms in total. The topological polar surface area (TPSA) is 30.5 Å². The quantitative estimate of drug-likeness (QED) is 0.624. The van der Waals surface area contributed by atoms with Crippen LogP contribution in [-0.4, -0.2) is 7.11 Å². The minimum Gasteiger partial charge on any atom is -0.493 e. The van der Waals surface area contributed by atoms with Crippen molar-refractivity contribution in [1.82, 2.24) is 0 Å². The van der Waals surface area contributed by atoms with Gasteiger partial charge in [-0.25, -0.2) is 4.39 Å². The summed E-state index contributed by atoms with van der Waals surface area (Å²) in [6.45, 7) is 3.02. The van der Waals surface area contributed by atoms with Crippen LogP contribution in [0.25, 0.3) is 0 Å². The highest BCUT2D eigenvalue weighted by Gasteiger charge is 2.11. The normalized spacial score (nSPS) is 10.4. The van der Waals surface area contributed by atoms with Gasteiger partial charge in [-0.1, -0.05) is 42.0 Å². The molecule has 0 bridgehead atoms. The molecule has 0 amide bonds. The van der Waals surface area contributed by atoms with Crippen LogP contribution in [0.1, 0.15) is 16.7 Å². The zero-order valence-corrected chi connectivity index (χ0v) is 15.0. The van der Waals surface area contributed by atoms with Crippen molar-refractivity contribution in [3.8, 4) is 11.5 Å². The Morgan fingerprint density at radius 3 is 2.35 bits per heavy atom. The molecule has 26 heavy (non-hydrogen) atoms. The lowest BCUT2D eigenvalue weighted by molar-refractivity contribution is 0.281. The van der Waals surface area contributed by atoms with E-state index in [1.165, 1.54) is 17.7 Å². The number of ether oxygens (including phenoxy) is 2. The van der Waals surface area contributed by atoms with E-state index in [1.54, 1.807) is 19.2 Å². The van der Waals surface area contributed by atoms with Gasteiger partial charge >= 0.3 is 0 Å². The van der Waals surface area contributed by atoms with E-state index >= 15 is 0 Å². The fourth-order valence-electron chi connectivity index (χ4n) is 2.63. The van der Waals surface area contributed by atoms with Gasteiger partial charge in [-0.2, -0.15) is 0 Å². The molecule has 134 valence electrons. The Hall–Kier alpha value is -3.01. The molecule has 3 aromatic rings. The van der Waals surface area contributed by atoms with Gasteiger partial charge in [0.1, 0.15) is 12.4 Å². The van der Waals surface area contributed by atoms with Gasteiger partial charge in [0, 0.05) is 17.8 Å². The number of benzene rings is 3. The number of nitrogens with one attached hydrogen (secondary N) is 1. The highest BCUT2D eigenvalue weighted by molar-refractivity contribution is 5.50. The van der Waals surface area contributed by atoms with Crippen molar-refractivity contribution in [3.05, 3.63) is 89.2 Å². The fourth-order valence-corrected chi connectivity index (χ4v) is 2.63. The van der Waals surface area contributed by atoms with E-state index in [1.807, 2.05) is 18.2 Å². The van der Waals surface area contributed by atoms with Gasteiger partial charge in [0.05, 0.1) is 7.11 Å². The van der Waals surface area contributed by atoms with Crippen molar-refractivity contribution in [2.24, 2.45) is 0 Å². The lowest BCUT2D eigenvalue weighted by atomic mass is 10.1. The van der Waals surface area contributed by atoms with Crippen molar-refractivity contribution >= 4 is 5.69 Å². The van der Waals surface area contributed by atoms with Gasteiger partial charge in [0.15, 0.2) is 11.5 Å². The van der Waals surface area contributed by atoms with Crippen LogP contribution in [0.5, 0.6) is 11.5 Å². The van der Waals surface area contributed by atoms with Gasteiger partial charge in [0.2, 0.25) is 0 Å². The Morgan fingerprint density at radius 1 is 0.923 bits per heavy atom. The van der Waals surface area contributed by atoms with E-state index in [2.05, 4.69) is 36.5 Å². The second kappa shape index (κ2) is 8.39. The Bertz CT molecular complexity index is 845. The van der Waals surface area contributed by atoms with Crippen LogP contribution < -0.4 is 14.8 Å². The Balaban J connectivity index is 1.74. The standard InChI is InChI=1S/C22H22FNO2/c1-16-6-12-20(13-7-16)24-14-18-4-3-5-21(25-2)22(18)26-15-17-8-10-19(23)11-9-17/h3-13,24H,14-15H2,1-2H3. The Kier molecular flexibility index (Phi) is 5.74. The van der Waals surface area contributed by atoms with Crippen molar-refractivity contribution in [3.63, 3.8) is 0 Å². The van der Waals surface area contributed by atoms with Crippen molar-refractivity contribution in [2.75, 3.05) is 12.4 Å². The Labute approximate surface area is 153 Å². The summed E-state index contributed by atoms with van der Waals surface area (Å²) in [6, 6.07) is 20.4. The largest absolute Gasteiger partial charge is 0.493 e. The van der Waals surface area contributed by atoms with Crippen LogP contribution in [-0.2, 0) is 13.2 Å². The first-order valence-corrected chi connectivity index (χ1v) is 8.49. The van der Waals surface area contributed by atoms with Crippen molar-refractivity contribution in [1.29, 1.82) is 0 Å². The van der Waals surface area contributed by atoms with Gasteiger partial charge in [-0.3, -0.25) is 0 Å². The molecule has 0 fully saturated rings. The van der Waals surface area contributed by atoms with Crippen molar-refractivity contribution < 1.29 is 13.9 Å². The molecule has 0 saturated heterocycles. The summed E-state index contributed by atoms with van der Waals surface area (Å²) in [5, 5.41) is 3.40. The van der Waals surface area contributed by atoms with Crippen molar-refractivity contribution in [2.45, 2.75) is 20.1 Å². The Morgan fingerprint density at radius 2 is 1.65 bits per heavy atom. The third-order valence-electron chi connectivity index (χ3n) is 4.11. The molecule has 0 heterocycles. The second-order valence-corrected chi connectivity index (χ2v) is 6.08. The van der Waals surface area contributed by atoms with Gasteiger partial charge in [0.25, 0.3) is 0 Å². The van der Waals surface area contributed by atoms with Crippen LogP contribution in [0.4, 0.5) is 10.1 Å². The molecule has 1 N–H and O–H groups in total. The molecular weight excluding hydrogens is 329 g/mol. The molecule has 4 heteroatoms. The number of para-hydroxylation sites is 1. The molecule has 0 aliphatic heterocycles. The first kappa shape index (κ1) is 17.8. The third kappa shape index (κ3) is 4.54. The summed E-state index contributed by atoms with van der Waals surface area (Å²) in [4.78, 5) is 0. The minimum absolute atomic E-state index is 0.256. The average molecular weight is 351 g/mol. The number of methoxy groups -OCH3 is 1. The first-order chi connectivity index (χ1) is 12.7. The number of aryl methyl sites for hydroxylation is 1. The zero-order chi connectivity index (χ0) is 18.4. The van der Waals surface area contributed by atoms with Crippen LogP contribution in [0, 0.1) is 12.7 Å². The number of halogens is 1. The molecule has 0 aliphatic rings. The lowest BCUT2D eigenvalue weighted by Gasteiger charge is -2.16. The molecule has 0 radical (unpaired) electrons. The van der Waals surface area contributed by atoms with E-state index in [0.717, 1.165) is 16.8 Å². The minimum atomic E-state index is -0.256. The number of rotatable bonds is 7. The average Bonchev–Trinajstić information content (AvgIpc) is 2.67. The van der Waals surface area contributed by atoms with E-state index in [-0.39, 0.29) is 5.82 Å². The summed E-state index contributed by atoms with van der Waals surface area (Å²) >= 11 is 0. The summed E-state index contributed by atoms with van der Waals surface area (Å²) < 4.78 is 24.5. The van der Waals surface area contributed by atoms with Crippen LogP contribution >= 0.6 is 0 Å². The number of anilines is 1. The maximum absolute atomic E-state index is 13.1. The monoisotopic (exact) mass is 351 g/mol. The maximum Gasteiger partial charge on any atom is 0.166 e. The summed E-state index contributed by atoms with van der Waals surface area (Å²) in [6.07, 6.45) is 0. The molecule has 0 aromatic heterocycles. The molecule has 0 aliphatic carbocycles. The molecule has 0 spiro atoms.